The third-order valence-electron chi connectivity index (χ3n) is 14.2. The Hall–Kier alpha value is -5.90. The van der Waals surface area contributed by atoms with Crippen molar-refractivity contribution in [1.82, 2.24) is 4.90 Å². The van der Waals surface area contributed by atoms with Crippen molar-refractivity contribution in [1.29, 1.82) is 0 Å². The van der Waals surface area contributed by atoms with Gasteiger partial charge in [0.2, 0.25) is 0 Å². The van der Waals surface area contributed by atoms with Gasteiger partial charge in [-0.2, -0.15) is 0 Å². The Bertz CT molecular complexity index is 2670. The van der Waals surface area contributed by atoms with Gasteiger partial charge in [0.1, 0.15) is 35.1 Å². The summed E-state index contributed by atoms with van der Waals surface area (Å²) in [6, 6.07) is 9.54. The molecule has 15 heteroatoms. The van der Waals surface area contributed by atoms with Crippen molar-refractivity contribution in [2.75, 3.05) is 45.3 Å². The number of rotatable bonds is 12. The minimum Gasteiger partial charge on any atom is -0.507 e. The number of piperidine rings is 1. The number of nitrogens with zero attached hydrogens (tertiary/aromatic N) is 3. The molecule has 1 amide bonds. The van der Waals surface area contributed by atoms with Gasteiger partial charge < -0.3 is 44.5 Å². The van der Waals surface area contributed by atoms with Crippen molar-refractivity contribution in [3.05, 3.63) is 93.7 Å². The number of ketones is 1. The predicted octanol–water partition coefficient (Wildman–Crippen LogP) is 9.06. The summed E-state index contributed by atoms with van der Waals surface area (Å²) in [5.74, 6) is -4.26. The molecule has 4 aliphatic rings. The fraction of sp³-hybridized carbons (Fsp3) is 0.559. The number of hydrogen-bond donors (Lipinski definition) is 4. The Morgan fingerprint density at radius 1 is 0.905 bits per heavy atom. The number of nitrogens with one attached hydrogen (secondary N) is 1. The minimum absolute atomic E-state index is 0.0180. The van der Waals surface area contributed by atoms with Crippen molar-refractivity contribution in [3.8, 4) is 17.2 Å². The summed E-state index contributed by atoms with van der Waals surface area (Å²) in [7, 11) is 1.50. The molecule has 4 N–H and O–H groups in total. The van der Waals surface area contributed by atoms with Crippen LogP contribution in [0.1, 0.15) is 129 Å². The molecule has 15 nitrogen and oxygen atoms in total. The zero-order valence-corrected chi connectivity index (χ0v) is 45.8. The number of allylic oxidation sites excluding steroid dienone is 4. The highest BCUT2D eigenvalue weighted by molar-refractivity contribution is 6.16. The Kier molecular flexibility index (Phi) is 21.6. The van der Waals surface area contributed by atoms with Crippen molar-refractivity contribution in [2.24, 2.45) is 39.6 Å². The molecule has 404 valence electrons. The first-order chi connectivity index (χ1) is 35.3. The Labute approximate surface area is 437 Å². The summed E-state index contributed by atoms with van der Waals surface area (Å²) in [6.07, 6.45) is 7.94. The third-order valence-corrected chi connectivity index (χ3v) is 14.2. The first-order valence-electron chi connectivity index (χ1n) is 26.6. The Balaban J connectivity index is 0.00000501. The lowest BCUT2D eigenvalue weighted by atomic mass is 9.79. The topological polar surface area (TPSA) is 206 Å². The fourth-order valence-corrected chi connectivity index (χ4v) is 10.3. The Morgan fingerprint density at radius 2 is 1.58 bits per heavy atom. The molecule has 4 aliphatic heterocycles. The molecule has 74 heavy (non-hydrogen) atoms. The number of likely N-dealkylation sites (tertiary alicyclic amines) is 1. The number of aromatic hydroxyl groups is 2. The van der Waals surface area contributed by atoms with E-state index in [0.29, 0.717) is 56.7 Å². The SMILES string of the molecule is CC.CCCOc1c(C)c(O)c2c(O)c3c4c(c2c1C(=O)C/C=C/[C@H](OC)[C@@H](C)[C@@H](OC(=O)CC(=O)OCCc1ccccc1)[C@H](C)[C@H](O)[C@H](C)C[C@@H](C)/C=C/C=C(/C)C(=O)N3)=NC1(CCN(CC(C)C)CC1)N=4. The van der Waals surface area contributed by atoms with Crippen molar-refractivity contribution < 1.29 is 53.4 Å². The van der Waals surface area contributed by atoms with E-state index in [1.54, 1.807) is 45.1 Å². The zero-order chi connectivity index (χ0) is 54.4. The number of Topliss-reactive ketones (excluding diaryl/α,β-unsaturated/α-hetero) is 1. The number of anilines is 1. The van der Waals surface area contributed by atoms with E-state index in [-0.39, 0.29) is 81.3 Å². The minimum atomic E-state index is -0.963. The maximum atomic E-state index is 15.0. The molecule has 4 bridgehead atoms. The number of hydrogen-bond acceptors (Lipinski definition) is 14. The first kappa shape index (κ1) is 59.0. The summed E-state index contributed by atoms with van der Waals surface area (Å²) in [4.78, 5) is 68.4. The summed E-state index contributed by atoms with van der Waals surface area (Å²) in [5.41, 5.74) is 0.644. The number of fused-ring (bicyclic) bond motifs is 14. The van der Waals surface area contributed by atoms with Crippen molar-refractivity contribution in [2.45, 2.75) is 145 Å². The van der Waals surface area contributed by atoms with Crippen LogP contribution < -0.4 is 20.8 Å². The van der Waals surface area contributed by atoms with E-state index in [2.05, 4.69) is 24.1 Å². The number of phenolic OH excluding ortho intramolecular Hbond substituents is 2. The number of esters is 2. The standard InChI is InChI=1S/C57H76N4O11.C2H6/c1-11-28-71-55-39(9)52(66)47-46-45(55)41(62)21-16-22-42(69-10)37(7)54(72-44(64)31-43(63)70-29-23-40-19-13-12-14-20-40)38(8)51(65)36(6)30-34(4)17-15-18-35(5)56(68)58-50(53(47)67)49-48(46)59-57(60-49)24-26-61(27-25-57)32-33(2)3;1-2/h12-20,22,33-34,36-38,42,51,54,65-67H,11,21,23-32H2,1-10H3,(H,58,68);1-2H3/b17-15+,22-16+,35-18-;/t34-,36+,37+,38+,42-,51+,54+;/m0./s1. The number of methoxy groups -OCH3 is 1. The highest BCUT2D eigenvalue weighted by Gasteiger charge is 2.41. The molecule has 0 aromatic heterocycles. The van der Waals surface area contributed by atoms with E-state index < -0.39 is 71.6 Å². The molecule has 0 radical (unpaired) electrons. The summed E-state index contributed by atoms with van der Waals surface area (Å²) >= 11 is 0. The molecule has 0 aliphatic carbocycles. The van der Waals surface area contributed by atoms with Gasteiger partial charge in [-0.25, -0.2) is 0 Å². The van der Waals surface area contributed by atoms with Crippen LogP contribution in [0.15, 0.2) is 76.3 Å². The smallest absolute Gasteiger partial charge is 0.317 e. The lowest BCUT2D eigenvalue weighted by Gasteiger charge is -2.37. The van der Waals surface area contributed by atoms with Gasteiger partial charge in [-0.3, -0.25) is 29.2 Å². The molecule has 4 heterocycles. The van der Waals surface area contributed by atoms with Crippen LogP contribution in [0.2, 0.25) is 0 Å². The average Bonchev–Trinajstić information content (AvgIpc) is 3.74. The lowest BCUT2D eigenvalue weighted by Crippen LogP contribution is -2.44. The van der Waals surface area contributed by atoms with E-state index in [4.69, 9.17) is 28.9 Å². The average molecular weight is 1020 g/mol. The molecular weight excluding hydrogens is 941 g/mol. The van der Waals surface area contributed by atoms with Gasteiger partial charge in [0.25, 0.3) is 5.91 Å². The maximum absolute atomic E-state index is 15.0. The number of aliphatic hydroxyl groups is 1. The van der Waals surface area contributed by atoms with E-state index in [9.17, 15) is 29.7 Å². The number of ether oxygens (including phenoxy) is 4. The highest BCUT2D eigenvalue weighted by atomic mass is 16.6. The largest absolute Gasteiger partial charge is 0.507 e. The number of carbonyl (C=O) groups is 4. The second-order valence-electron chi connectivity index (χ2n) is 20.5. The molecular formula is C59H82N4O11. The molecule has 1 fully saturated rings. The zero-order valence-electron chi connectivity index (χ0n) is 45.8. The highest BCUT2D eigenvalue weighted by Crippen LogP contribution is 2.46. The van der Waals surface area contributed by atoms with E-state index in [0.717, 1.165) is 12.1 Å². The van der Waals surface area contributed by atoms with Gasteiger partial charge in [0.15, 0.2) is 17.2 Å². The first-order valence-corrected chi connectivity index (χ1v) is 26.6. The summed E-state index contributed by atoms with van der Waals surface area (Å²) in [6.45, 7) is 23.7. The second-order valence-corrected chi connectivity index (χ2v) is 20.5. The van der Waals surface area contributed by atoms with Gasteiger partial charge in [-0.15, -0.1) is 0 Å². The number of carbonyl (C=O) groups excluding carboxylic acids is 4. The predicted molar refractivity (Wildman–Crippen MR) is 288 cm³/mol. The van der Waals surface area contributed by atoms with Gasteiger partial charge in [0, 0.05) is 80.8 Å². The number of aliphatic hydroxyl groups excluding tert-OH is 1. The van der Waals surface area contributed by atoms with Crippen LogP contribution in [0.3, 0.4) is 0 Å². The van der Waals surface area contributed by atoms with Gasteiger partial charge >= 0.3 is 11.9 Å². The van der Waals surface area contributed by atoms with Crippen LogP contribution in [-0.2, 0) is 35.0 Å². The molecule has 3 aromatic carbocycles. The third kappa shape index (κ3) is 14.3. The number of amides is 1. The van der Waals surface area contributed by atoms with E-state index in [1.807, 2.05) is 78.0 Å². The quantitative estimate of drug-likeness (QED) is 0.0581. The summed E-state index contributed by atoms with van der Waals surface area (Å²) in [5, 5.41) is 39.8. The van der Waals surface area contributed by atoms with Crippen LogP contribution in [-0.4, -0.2) is 108 Å². The lowest BCUT2D eigenvalue weighted by molar-refractivity contribution is -0.166. The normalized spacial score (nSPS) is 25.2. The fourth-order valence-electron chi connectivity index (χ4n) is 10.3. The molecule has 0 saturated carbocycles. The van der Waals surface area contributed by atoms with Crippen LogP contribution in [0.25, 0.3) is 10.8 Å². The molecule has 7 rings (SSSR count). The molecule has 3 aromatic rings. The summed E-state index contributed by atoms with van der Waals surface area (Å²) < 4.78 is 23.8. The number of benzene rings is 3. The van der Waals surface area contributed by atoms with E-state index >= 15 is 4.79 Å². The van der Waals surface area contributed by atoms with Crippen molar-refractivity contribution >= 4 is 40.1 Å². The second kappa shape index (κ2) is 27.1. The van der Waals surface area contributed by atoms with Gasteiger partial charge in [-0.05, 0) is 50.0 Å². The van der Waals surface area contributed by atoms with Gasteiger partial charge in [0.05, 0.1) is 41.7 Å². The monoisotopic (exact) mass is 1020 g/mol. The number of phenols is 2. The molecule has 0 unspecified atom stereocenters. The van der Waals surface area contributed by atoms with Crippen LogP contribution in [0, 0.1) is 36.5 Å². The van der Waals surface area contributed by atoms with E-state index in [1.165, 1.54) is 7.11 Å². The molecule has 1 spiro atoms. The van der Waals surface area contributed by atoms with Crippen molar-refractivity contribution in [3.63, 3.8) is 0 Å². The Morgan fingerprint density at radius 3 is 2.23 bits per heavy atom. The van der Waals surface area contributed by atoms with Crippen LogP contribution in [0.5, 0.6) is 17.2 Å². The molecule has 1 saturated heterocycles. The maximum Gasteiger partial charge on any atom is 0.317 e. The van der Waals surface area contributed by atoms with Crippen LogP contribution >= 0.6 is 0 Å². The van der Waals surface area contributed by atoms with Gasteiger partial charge in [-0.1, -0.05) is 123 Å². The van der Waals surface area contributed by atoms with Crippen LogP contribution in [0.4, 0.5) is 5.69 Å². The molecule has 7 atom stereocenters.